The highest BCUT2D eigenvalue weighted by molar-refractivity contribution is 6.05. The monoisotopic (exact) mass is 255 g/mol. The summed E-state index contributed by atoms with van der Waals surface area (Å²) in [5.41, 5.74) is 0.331. The molecular weight excluding hydrogens is 242 g/mol. The molecule has 0 spiro atoms. The number of hydrogen-bond donors (Lipinski definition) is 3. The molecule has 0 radical (unpaired) electrons. The van der Waals surface area contributed by atoms with Crippen molar-refractivity contribution in [3.63, 3.8) is 0 Å². The standard InChI is InChI=1S/C15H13NO3/c17-11-5-3-4-10(8-11)9-15(19)12-6-1-2-7-13(12)16-14(15)18/h1-8,17,19H,9H2,(H,16,18). The van der Waals surface area contributed by atoms with E-state index in [1.807, 2.05) is 0 Å². The van der Waals surface area contributed by atoms with Crippen LogP contribution in [0.2, 0.25) is 0 Å². The molecule has 1 aliphatic rings. The lowest BCUT2D eigenvalue weighted by Gasteiger charge is -2.20. The van der Waals surface area contributed by atoms with Crippen LogP contribution in [0.3, 0.4) is 0 Å². The number of phenols is 1. The fourth-order valence-corrected chi connectivity index (χ4v) is 2.44. The van der Waals surface area contributed by atoms with E-state index < -0.39 is 11.5 Å². The van der Waals surface area contributed by atoms with Gasteiger partial charge in [0.2, 0.25) is 0 Å². The molecule has 3 N–H and O–H groups in total. The average molecular weight is 255 g/mol. The second kappa shape index (κ2) is 4.10. The first-order valence-electron chi connectivity index (χ1n) is 6.01. The fourth-order valence-electron chi connectivity index (χ4n) is 2.44. The molecule has 0 bridgehead atoms. The van der Waals surface area contributed by atoms with E-state index in [0.717, 1.165) is 0 Å². The van der Waals surface area contributed by atoms with Crippen LogP contribution in [-0.2, 0) is 16.8 Å². The number of rotatable bonds is 2. The van der Waals surface area contributed by atoms with Crippen LogP contribution >= 0.6 is 0 Å². The Morgan fingerprint density at radius 3 is 2.68 bits per heavy atom. The number of carbonyl (C=O) groups excluding carboxylic acids is 1. The smallest absolute Gasteiger partial charge is 0.261 e. The van der Waals surface area contributed by atoms with Crippen molar-refractivity contribution in [3.05, 3.63) is 59.7 Å². The quantitative estimate of drug-likeness (QED) is 0.766. The molecule has 2 aromatic carbocycles. The molecular formula is C15H13NO3. The van der Waals surface area contributed by atoms with Gasteiger partial charge in [0.1, 0.15) is 5.75 Å². The van der Waals surface area contributed by atoms with E-state index >= 15 is 0 Å². The molecule has 1 atom stereocenters. The van der Waals surface area contributed by atoms with Gasteiger partial charge in [-0.2, -0.15) is 0 Å². The summed E-state index contributed by atoms with van der Waals surface area (Å²) < 4.78 is 0. The van der Waals surface area contributed by atoms with Crippen molar-refractivity contribution in [1.29, 1.82) is 0 Å². The van der Waals surface area contributed by atoms with E-state index in [1.165, 1.54) is 0 Å². The molecule has 96 valence electrons. The summed E-state index contributed by atoms with van der Waals surface area (Å²) in [6, 6.07) is 13.6. The number of hydrogen-bond acceptors (Lipinski definition) is 3. The summed E-state index contributed by atoms with van der Waals surface area (Å²) in [4.78, 5) is 12.0. The molecule has 1 amide bonds. The first-order chi connectivity index (χ1) is 9.09. The Kier molecular flexibility index (Phi) is 2.54. The molecule has 1 aliphatic heterocycles. The molecule has 2 aromatic rings. The number of anilines is 1. The van der Waals surface area contributed by atoms with E-state index in [4.69, 9.17) is 0 Å². The molecule has 19 heavy (non-hydrogen) atoms. The van der Waals surface area contributed by atoms with E-state index in [-0.39, 0.29) is 12.2 Å². The van der Waals surface area contributed by atoms with Gasteiger partial charge in [0.15, 0.2) is 5.60 Å². The Labute approximate surface area is 110 Å². The lowest BCUT2D eigenvalue weighted by molar-refractivity contribution is -0.133. The molecule has 4 heteroatoms. The first-order valence-corrected chi connectivity index (χ1v) is 6.01. The van der Waals surface area contributed by atoms with Crippen LogP contribution in [0.25, 0.3) is 0 Å². The van der Waals surface area contributed by atoms with Crippen LogP contribution < -0.4 is 5.32 Å². The van der Waals surface area contributed by atoms with E-state index in [2.05, 4.69) is 5.32 Å². The summed E-state index contributed by atoms with van der Waals surface area (Å²) >= 11 is 0. The van der Waals surface area contributed by atoms with E-state index in [9.17, 15) is 15.0 Å². The summed E-state index contributed by atoms with van der Waals surface area (Å²) in [5.74, 6) is -0.315. The zero-order valence-corrected chi connectivity index (χ0v) is 10.1. The lowest BCUT2D eigenvalue weighted by Crippen LogP contribution is -2.36. The Morgan fingerprint density at radius 2 is 1.89 bits per heavy atom. The normalized spacial score (nSPS) is 21.0. The number of aliphatic hydroxyl groups is 1. The van der Waals surface area contributed by atoms with Gasteiger partial charge < -0.3 is 15.5 Å². The maximum atomic E-state index is 12.0. The molecule has 0 aromatic heterocycles. The number of phenolic OH excluding ortho intramolecular Hbond substituents is 1. The van der Waals surface area contributed by atoms with E-state index in [1.54, 1.807) is 48.5 Å². The van der Waals surface area contributed by atoms with Gasteiger partial charge in [-0.25, -0.2) is 0 Å². The maximum absolute atomic E-state index is 12.0. The number of nitrogens with one attached hydrogen (secondary N) is 1. The zero-order valence-electron chi connectivity index (χ0n) is 10.1. The predicted octanol–water partition coefficient (Wildman–Crippen LogP) is 1.77. The Morgan fingerprint density at radius 1 is 1.11 bits per heavy atom. The third-order valence-electron chi connectivity index (χ3n) is 3.37. The fraction of sp³-hybridized carbons (Fsp3) is 0.133. The maximum Gasteiger partial charge on any atom is 0.261 e. The minimum atomic E-state index is -1.58. The molecule has 1 unspecified atom stereocenters. The predicted molar refractivity (Wildman–Crippen MR) is 70.8 cm³/mol. The van der Waals surface area contributed by atoms with Crippen molar-refractivity contribution in [2.45, 2.75) is 12.0 Å². The minimum absolute atomic E-state index is 0.118. The van der Waals surface area contributed by atoms with Crippen LogP contribution in [0, 0.1) is 0 Å². The average Bonchev–Trinajstić information content (AvgIpc) is 2.62. The molecule has 3 rings (SSSR count). The van der Waals surface area contributed by atoms with Gasteiger partial charge in [0.05, 0.1) is 0 Å². The van der Waals surface area contributed by atoms with Gasteiger partial charge in [-0.1, -0.05) is 30.3 Å². The van der Waals surface area contributed by atoms with Crippen molar-refractivity contribution >= 4 is 11.6 Å². The third-order valence-corrected chi connectivity index (χ3v) is 3.37. The van der Waals surface area contributed by atoms with Crippen molar-refractivity contribution in [3.8, 4) is 5.75 Å². The Hall–Kier alpha value is -2.33. The van der Waals surface area contributed by atoms with Crippen LogP contribution in [0.15, 0.2) is 48.5 Å². The molecule has 0 fully saturated rings. The van der Waals surface area contributed by atoms with Gasteiger partial charge in [-0.3, -0.25) is 4.79 Å². The minimum Gasteiger partial charge on any atom is -0.508 e. The number of aromatic hydroxyl groups is 1. The highest BCUT2D eigenvalue weighted by atomic mass is 16.3. The summed E-state index contributed by atoms with van der Waals surface area (Å²) in [7, 11) is 0. The highest BCUT2D eigenvalue weighted by Gasteiger charge is 2.44. The number of benzene rings is 2. The van der Waals surface area contributed by atoms with E-state index in [0.29, 0.717) is 16.8 Å². The summed E-state index contributed by atoms with van der Waals surface area (Å²) in [6.07, 6.45) is 0.129. The summed E-state index contributed by atoms with van der Waals surface area (Å²) in [6.45, 7) is 0. The van der Waals surface area contributed by atoms with Gasteiger partial charge >= 0.3 is 0 Å². The highest BCUT2D eigenvalue weighted by Crippen LogP contribution is 2.38. The van der Waals surface area contributed by atoms with Crippen molar-refractivity contribution in [2.75, 3.05) is 5.32 Å². The Balaban J connectivity index is 2.01. The third kappa shape index (κ3) is 1.86. The van der Waals surface area contributed by atoms with Crippen molar-refractivity contribution < 1.29 is 15.0 Å². The molecule has 0 aliphatic carbocycles. The Bertz CT molecular complexity index is 653. The molecule has 4 nitrogen and oxygen atoms in total. The van der Waals surface area contributed by atoms with Crippen molar-refractivity contribution in [2.24, 2.45) is 0 Å². The largest absolute Gasteiger partial charge is 0.508 e. The van der Waals surface area contributed by atoms with Crippen LogP contribution in [-0.4, -0.2) is 16.1 Å². The second-order valence-corrected chi connectivity index (χ2v) is 4.71. The molecule has 0 saturated carbocycles. The van der Waals surface area contributed by atoms with Gasteiger partial charge in [0, 0.05) is 17.7 Å². The lowest BCUT2D eigenvalue weighted by atomic mass is 9.88. The number of para-hydroxylation sites is 1. The number of amides is 1. The molecule has 1 heterocycles. The zero-order chi connectivity index (χ0) is 13.5. The molecule has 0 saturated heterocycles. The second-order valence-electron chi connectivity index (χ2n) is 4.71. The van der Waals surface area contributed by atoms with Gasteiger partial charge in [0.25, 0.3) is 5.91 Å². The van der Waals surface area contributed by atoms with Gasteiger partial charge in [-0.15, -0.1) is 0 Å². The first kappa shape index (κ1) is 11.7. The summed E-state index contributed by atoms with van der Waals surface area (Å²) in [5, 5.41) is 22.8. The van der Waals surface area contributed by atoms with Crippen molar-refractivity contribution in [1.82, 2.24) is 0 Å². The topological polar surface area (TPSA) is 69.6 Å². The number of carbonyl (C=O) groups is 1. The van der Waals surface area contributed by atoms with Crippen LogP contribution in [0.1, 0.15) is 11.1 Å². The SMILES string of the molecule is O=C1Nc2ccccc2C1(O)Cc1cccc(O)c1. The van der Waals surface area contributed by atoms with Gasteiger partial charge in [-0.05, 0) is 23.8 Å². The number of fused-ring (bicyclic) bond motifs is 1. The van der Waals surface area contributed by atoms with Crippen LogP contribution in [0.4, 0.5) is 5.69 Å². The van der Waals surface area contributed by atoms with Crippen LogP contribution in [0.5, 0.6) is 5.75 Å².